The summed E-state index contributed by atoms with van der Waals surface area (Å²) in [6, 6.07) is 6.95. The Bertz CT molecular complexity index is 751. The maximum atomic E-state index is 12.9. The first-order valence-corrected chi connectivity index (χ1v) is 9.46. The Labute approximate surface area is 138 Å². The molecule has 1 aliphatic heterocycles. The van der Waals surface area contributed by atoms with Crippen LogP contribution >= 0.6 is 0 Å². The third kappa shape index (κ3) is 2.66. The van der Waals surface area contributed by atoms with Crippen LogP contribution in [-0.2, 0) is 14.8 Å². The van der Waals surface area contributed by atoms with Crippen LogP contribution in [0.5, 0.6) is 0 Å². The van der Waals surface area contributed by atoms with Crippen molar-refractivity contribution in [2.45, 2.75) is 38.0 Å². The second kappa shape index (κ2) is 5.56. The van der Waals surface area contributed by atoms with Gasteiger partial charge in [-0.1, -0.05) is 29.8 Å². The third-order valence-corrected chi connectivity index (χ3v) is 7.25. The first-order valence-electron chi connectivity index (χ1n) is 8.02. The molecule has 2 atom stereocenters. The Morgan fingerprint density at radius 3 is 2.57 bits per heavy atom. The Hall–Kier alpha value is -1.46. The molecule has 2 aliphatic rings. The molecular weight excluding hydrogens is 310 g/mol. The van der Waals surface area contributed by atoms with E-state index in [9.17, 15) is 13.2 Å². The summed E-state index contributed by atoms with van der Waals surface area (Å²) in [4.78, 5) is 12.7. The first kappa shape index (κ1) is 16.4. The van der Waals surface area contributed by atoms with Crippen molar-refractivity contribution in [3.05, 3.63) is 42.0 Å². The lowest BCUT2D eigenvalue weighted by Crippen LogP contribution is -2.37. The molecule has 1 saturated carbocycles. The van der Waals surface area contributed by atoms with Gasteiger partial charge in [0.1, 0.15) is 5.78 Å². The highest BCUT2D eigenvalue weighted by molar-refractivity contribution is 7.89. The van der Waals surface area contributed by atoms with Crippen molar-refractivity contribution in [2.75, 3.05) is 13.1 Å². The van der Waals surface area contributed by atoms with Crippen LogP contribution in [0.4, 0.5) is 0 Å². The summed E-state index contributed by atoms with van der Waals surface area (Å²) in [5.41, 5.74) is 1.40. The summed E-state index contributed by atoms with van der Waals surface area (Å²) < 4.78 is 27.4. The number of ketones is 1. The molecule has 23 heavy (non-hydrogen) atoms. The molecule has 1 saturated heterocycles. The van der Waals surface area contributed by atoms with Gasteiger partial charge in [0.25, 0.3) is 0 Å². The van der Waals surface area contributed by atoms with Gasteiger partial charge in [-0.15, -0.1) is 0 Å². The van der Waals surface area contributed by atoms with Crippen molar-refractivity contribution in [2.24, 2.45) is 11.3 Å². The van der Waals surface area contributed by atoms with E-state index in [-0.39, 0.29) is 11.7 Å². The van der Waals surface area contributed by atoms with E-state index in [1.165, 1.54) is 0 Å². The number of carbonyl (C=O) groups excluding carboxylic acids is 1. The van der Waals surface area contributed by atoms with Gasteiger partial charge >= 0.3 is 0 Å². The van der Waals surface area contributed by atoms with Gasteiger partial charge in [-0.25, -0.2) is 8.42 Å². The molecule has 4 nitrogen and oxygen atoms in total. The van der Waals surface area contributed by atoms with Crippen molar-refractivity contribution in [1.82, 2.24) is 4.31 Å². The zero-order valence-electron chi connectivity index (χ0n) is 13.7. The van der Waals surface area contributed by atoms with Gasteiger partial charge < -0.3 is 0 Å². The molecule has 5 heteroatoms. The minimum absolute atomic E-state index is 0.0990. The first-order chi connectivity index (χ1) is 10.8. The smallest absolute Gasteiger partial charge is 0.243 e. The largest absolute Gasteiger partial charge is 0.299 e. The van der Waals surface area contributed by atoms with E-state index < -0.39 is 15.4 Å². The summed E-state index contributed by atoms with van der Waals surface area (Å²) in [5, 5.41) is 0. The van der Waals surface area contributed by atoms with Gasteiger partial charge in [-0.05, 0) is 44.7 Å². The van der Waals surface area contributed by atoms with Gasteiger partial charge in [0.15, 0.2) is 0 Å². The fourth-order valence-electron chi connectivity index (χ4n) is 3.91. The third-order valence-electron chi connectivity index (χ3n) is 5.37. The highest BCUT2D eigenvalue weighted by atomic mass is 32.2. The lowest BCUT2D eigenvalue weighted by molar-refractivity contribution is -0.124. The van der Waals surface area contributed by atoms with Crippen LogP contribution in [0.25, 0.3) is 0 Å². The molecule has 0 amide bonds. The second-order valence-electron chi connectivity index (χ2n) is 6.99. The lowest BCUT2D eigenvalue weighted by Gasteiger charge is -2.29. The molecule has 0 unspecified atom stereocenters. The molecule has 1 heterocycles. The number of sulfonamides is 1. The highest BCUT2D eigenvalue weighted by Gasteiger charge is 2.50. The lowest BCUT2D eigenvalue weighted by atomic mass is 9.76. The monoisotopic (exact) mass is 333 g/mol. The van der Waals surface area contributed by atoms with Crippen molar-refractivity contribution < 1.29 is 13.2 Å². The molecule has 2 fully saturated rings. The Morgan fingerprint density at radius 2 is 1.96 bits per heavy atom. The van der Waals surface area contributed by atoms with Crippen molar-refractivity contribution in [1.29, 1.82) is 0 Å². The second-order valence-corrected chi connectivity index (χ2v) is 8.92. The minimum atomic E-state index is -3.50. The van der Waals surface area contributed by atoms with Crippen LogP contribution < -0.4 is 0 Å². The summed E-state index contributed by atoms with van der Waals surface area (Å²) >= 11 is 0. The number of hydrogen-bond acceptors (Lipinski definition) is 3. The fourth-order valence-corrected chi connectivity index (χ4v) is 5.42. The summed E-state index contributed by atoms with van der Waals surface area (Å²) in [5.74, 6) is 0.337. The number of carbonyl (C=O) groups is 1. The normalized spacial score (nSPS) is 28.6. The van der Waals surface area contributed by atoms with Crippen LogP contribution in [0.2, 0.25) is 0 Å². The molecule has 124 valence electrons. The van der Waals surface area contributed by atoms with Crippen molar-refractivity contribution in [3.63, 3.8) is 0 Å². The zero-order chi connectivity index (χ0) is 16.8. The maximum absolute atomic E-state index is 12.9. The number of Topliss-reactive ketones (excluding diaryl/α,β-unsaturated/α-hetero) is 1. The molecule has 1 aromatic rings. The number of nitrogens with zero attached hydrogens (tertiary/aromatic N) is 1. The van der Waals surface area contributed by atoms with Gasteiger partial charge in [0.05, 0.1) is 10.3 Å². The quantitative estimate of drug-likeness (QED) is 0.799. The Morgan fingerprint density at radius 1 is 1.30 bits per heavy atom. The predicted molar refractivity (Wildman–Crippen MR) is 89.5 cm³/mol. The highest BCUT2D eigenvalue weighted by Crippen LogP contribution is 2.49. The molecule has 0 radical (unpaired) electrons. The SMILES string of the molecule is C=C(C)[C@]12CCN(S(=O)(=O)c3ccc(C)cc3)C[C@H](CC1=O)C2. The van der Waals surface area contributed by atoms with Crippen LogP contribution in [0.15, 0.2) is 41.3 Å². The summed E-state index contributed by atoms with van der Waals surface area (Å²) in [6.45, 7) is 8.64. The molecule has 0 spiro atoms. The summed E-state index contributed by atoms with van der Waals surface area (Å²) in [7, 11) is -3.50. The zero-order valence-corrected chi connectivity index (χ0v) is 14.5. The standard InChI is InChI=1S/C18H23NO3S/c1-13(2)18-8-9-19(12-15(11-18)10-17(18)20)23(21,22)16-6-4-14(3)5-7-16/h4-7,15H,1,8-12H2,2-3H3/t15-,18-/m1/s1. The Kier molecular flexibility index (Phi) is 3.97. The van der Waals surface area contributed by atoms with Crippen molar-refractivity contribution in [3.8, 4) is 0 Å². The predicted octanol–water partition coefficient (Wildman–Crippen LogP) is 2.93. The van der Waals surface area contributed by atoms with Crippen LogP contribution in [-0.4, -0.2) is 31.6 Å². The number of hydrogen-bond donors (Lipinski definition) is 0. The molecule has 3 rings (SSSR count). The van der Waals surface area contributed by atoms with Gasteiger partial charge in [0, 0.05) is 19.5 Å². The minimum Gasteiger partial charge on any atom is -0.299 e. The average Bonchev–Trinajstić information content (AvgIpc) is 2.67. The van der Waals surface area contributed by atoms with Gasteiger partial charge in [-0.2, -0.15) is 4.31 Å². The van der Waals surface area contributed by atoms with Crippen molar-refractivity contribution >= 4 is 15.8 Å². The van der Waals surface area contributed by atoms with Gasteiger partial charge in [0.2, 0.25) is 10.0 Å². The van der Waals surface area contributed by atoms with E-state index in [0.717, 1.165) is 17.6 Å². The van der Waals surface area contributed by atoms with Gasteiger partial charge in [-0.3, -0.25) is 4.79 Å². The molecule has 0 N–H and O–H groups in total. The molecule has 2 bridgehead atoms. The number of aryl methyl sites for hydroxylation is 1. The molecule has 1 aromatic carbocycles. The van der Waals surface area contributed by atoms with E-state index in [0.29, 0.717) is 30.8 Å². The van der Waals surface area contributed by atoms with E-state index >= 15 is 0 Å². The topological polar surface area (TPSA) is 54.5 Å². The van der Waals surface area contributed by atoms with E-state index in [1.807, 2.05) is 26.0 Å². The van der Waals surface area contributed by atoms with E-state index in [2.05, 4.69) is 6.58 Å². The summed E-state index contributed by atoms with van der Waals surface area (Å²) in [6.07, 6.45) is 1.75. The number of fused-ring (bicyclic) bond motifs is 2. The number of benzene rings is 1. The Balaban J connectivity index is 1.90. The average molecular weight is 333 g/mol. The van der Waals surface area contributed by atoms with Crippen LogP contribution in [0, 0.1) is 18.3 Å². The van der Waals surface area contributed by atoms with E-state index in [1.54, 1.807) is 16.4 Å². The molecular formula is C18H23NO3S. The number of rotatable bonds is 3. The fraction of sp³-hybridized carbons (Fsp3) is 0.500. The molecule has 0 aromatic heterocycles. The molecule has 1 aliphatic carbocycles. The van der Waals surface area contributed by atoms with Crippen LogP contribution in [0.3, 0.4) is 0 Å². The number of allylic oxidation sites excluding steroid dienone is 1. The van der Waals surface area contributed by atoms with Crippen LogP contribution in [0.1, 0.15) is 31.7 Å². The maximum Gasteiger partial charge on any atom is 0.243 e. The van der Waals surface area contributed by atoms with E-state index in [4.69, 9.17) is 0 Å².